The van der Waals surface area contributed by atoms with Gasteiger partial charge >= 0.3 is 0 Å². The first-order chi connectivity index (χ1) is 7.87. The number of hydrogen-bond acceptors (Lipinski definition) is 3. The number of aryl methyl sites for hydroxylation is 1. The van der Waals surface area contributed by atoms with E-state index in [9.17, 15) is 13.5 Å². The lowest BCUT2D eigenvalue weighted by molar-refractivity contribution is 0.149. The van der Waals surface area contributed by atoms with Crippen LogP contribution in [0.25, 0.3) is 0 Å². The SMILES string of the molecule is CCC(O)CN(C)S(=O)(=O)c1ccc(C)cc1. The first-order valence-electron chi connectivity index (χ1n) is 5.59. The molecule has 1 aromatic carbocycles. The highest BCUT2D eigenvalue weighted by molar-refractivity contribution is 7.89. The molecule has 0 amide bonds. The van der Waals surface area contributed by atoms with Crippen LogP contribution < -0.4 is 0 Å². The predicted molar refractivity (Wildman–Crippen MR) is 67.3 cm³/mol. The number of hydrogen-bond donors (Lipinski definition) is 1. The van der Waals surface area contributed by atoms with Gasteiger partial charge in [-0.3, -0.25) is 0 Å². The van der Waals surface area contributed by atoms with Crippen molar-refractivity contribution < 1.29 is 13.5 Å². The summed E-state index contributed by atoms with van der Waals surface area (Å²) in [6.07, 6.45) is -0.0893. The highest BCUT2D eigenvalue weighted by Crippen LogP contribution is 2.15. The number of aliphatic hydroxyl groups excluding tert-OH is 1. The van der Waals surface area contributed by atoms with Crippen LogP contribution in [-0.4, -0.2) is 37.5 Å². The second-order valence-corrected chi connectivity index (χ2v) is 6.21. The maximum atomic E-state index is 12.1. The third-order valence-corrected chi connectivity index (χ3v) is 4.51. The van der Waals surface area contributed by atoms with Crippen LogP contribution in [-0.2, 0) is 10.0 Å². The molecule has 0 aliphatic rings. The summed E-state index contributed by atoms with van der Waals surface area (Å²) in [6, 6.07) is 6.69. The lowest BCUT2D eigenvalue weighted by atomic mass is 10.2. The topological polar surface area (TPSA) is 57.6 Å². The van der Waals surface area contributed by atoms with Gasteiger partial charge in [0.25, 0.3) is 0 Å². The summed E-state index contributed by atoms with van der Waals surface area (Å²) in [4.78, 5) is 0.258. The van der Waals surface area contributed by atoms with E-state index in [1.165, 1.54) is 11.4 Å². The van der Waals surface area contributed by atoms with Crippen molar-refractivity contribution in [2.45, 2.75) is 31.3 Å². The summed E-state index contributed by atoms with van der Waals surface area (Å²) in [7, 11) is -2.01. The van der Waals surface area contributed by atoms with Gasteiger partial charge < -0.3 is 5.11 Å². The minimum Gasteiger partial charge on any atom is -0.392 e. The molecule has 96 valence electrons. The van der Waals surface area contributed by atoms with Crippen LogP contribution >= 0.6 is 0 Å². The van der Waals surface area contributed by atoms with Gasteiger partial charge in [-0.25, -0.2) is 8.42 Å². The molecule has 1 atom stereocenters. The standard InChI is InChI=1S/C12H19NO3S/c1-4-11(14)9-13(3)17(15,16)12-7-5-10(2)6-8-12/h5-8,11,14H,4,9H2,1-3H3. The molecule has 0 saturated heterocycles. The molecule has 0 saturated carbocycles. The first kappa shape index (κ1) is 14.2. The monoisotopic (exact) mass is 257 g/mol. The van der Waals surface area contributed by atoms with E-state index in [-0.39, 0.29) is 11.4 Å². The number of rotatable bonds is 5. The molecule has 0 heterocycles. The Morgan fingerprint density at radius 3 is 2.29 bits per heavy atom. The molecular weight excluding hydrogens is 238 g/mol. The van der Waals surface area contributed by atoms with Crippen LogP contribution in [0, 0.1) is 6.92 Å². The smallest absolute Gasteiger partial charge is 0.242 e. The van der Waals surface area contributed by atoms with E-state index in [2.05, 4.69) is 0 Å². The molecule has 0 bridgehead atoms. The normalized spacial score (nSPS) is 13.9. The number of sulfonamides is 1. The van der Waals surface area contributed by atoms with E-state index >= 15 is 0 Å². The fourth-order valence-electron chi connectivity index (χ4n) is 1.41. The lowest BCUT2D eigenvalue weighted by Gasteiger charge is -2.19. The Labute approximate surface area is 103 Å². The molecule has 4 nitrogen and oxygen atoms in total. The third kappa shape index (κ3) is 3.52. The van der Waals surface area contributed by atoms with Crippen molar-refractivity contribution in [1.29, 1.82) is 0 Å². The first-order valence-corrected chi connectivity index (χ1v) is 7.03. The Kier molecular flexibility index (Phi) is 4.68. The maximum Gasteiger partial charge on any atom is 0.242 e. The molecule has 0 aliphatic heterocycles. The van der Waals surface area contributed by atoms with Gasteiger partial charge in [0, 0.05) is 13.6 Å². The lowest BCUT2D eigenvalue weighted by Crippen LogP contribution is -2.34. The minimum absolute atomic E-state index is 0.118. The molecule has 0 radical (unpaired) electrons. The fraction of sp³-hybridized carbons (Fsp3) is 0.500. The summed E-state index contributed by atoms with van der Waals surface area (Å²) in [5, 5.41) is 9.48. The number of likely N-dealkylation sites (N-methyl/N-ethyl adjacent to an activating group) is 1. The van der Waals surface area contributed by atoms with Gasteiger partial charge in [0.15, 0.2) is 0 Å². The van der Waals surface area contributed by atoms with Crippen LogP contribution in [0.2, 0.25) is 0 Å². The zero-order chi connectivity index (χ0) is 13.1. The molecule has 1 rings (SSSR count). The van der Waals surface area contributed by atoms with Gasteiger partial charge in [-0.05, 0) is 25.5 Å². The van der Waals surface area contributed by atoms with Crippen molar-refractivity contribution in [3.63, 3.8) is 0 Å². The van der Waals surface area contributed by atoms with E-state index in [1.807, 2.05) is 13.8 Å². The number of nitrogens with zero attached hydrogens (tertiary/aromatic N) is 1. The Morgan fingerprint density at radius 2 is 1.82 bits per heavy atom. The van der Waals surface area contributed by atoms with E-state index in [1.54, 1.807) is 24.3 Å². The fourth-order valence-corrected chi connectivity index (χ4v) is 2.62. The van der Waals surface area contributed by atoms with E-state index in [0.717, 1.165) is 5.56 Å². The zero-order valence-electron chi connectivity index (χ0n) is 10.4. The number of aliphatic hydroxyl groups is 1. The van der Waals surface area contributed by atoms with Crippen molar-refractivity contribution in [2.75, 3.05) is 13.6 Å². The average molecular weight is 257 g/mol. The Bertz CT molecular complexity index is 453. The molecule has 0 aliphatic carbocycles. The summed E-state index contributed by atoms with van der Waals surface area (Å²) in [6.45, 7) is 3.84. The minimum atomic E-state index is -3.49. The molecule has 1 unspecified atom stereocenters. The second-order valence-electron chi connectivity index (χ2n) is 4.16. The average Bonchev–Trinajstić information content (AvgIpc) is 2.29. The maximum absolute atomic E-state index is 12.1. The molecule has 5 heteroatoms. The second kappa shape index (κ2) is 5.62. The highest BCUT2D eigenvalue weighted by atomic mass is 32.2. The highest BCUT2D eigenvalue weighted by Gasteiger charge is 2.22. The summed E-state index contributed by atoms with van der Waals surface area (Å²) in [5.41, 5.74) is 1.01. The van der Waals surface area contributed by atoms with E-state index in [0.29, 0.717) is 6.42 Å². The molecule has 1 N–H and O–H groups in total. The van der Waals surface area contributed by atoms with Crippen molar-refractivity contribution in [2.24, 2.45) is 0 Å². The van der Waals surface area contributed by atoms with E-state index < -0.39 is 16.1 Å². The van der Waals surface area contributed by atoms with Gasteiger partial charge in [-0.2, -0.15) is 4.31 Å². The van der Waals surface area contributed by atoms with Gasteiger partial charge in [-0.1, -0.05) is 24.6 Å². The van der Waals surface area contributed by atoms with Crippen LogP contribution in [0.1, 0.15) is 18.9 Å². The Hall–Kier alpha value is -0.910. The van der Waals surface area contributed by atoms with Gasteiger partial charge in [0.2, 0.25) is 10.0 Å². The van der Waals surface area contributed by atoms with Crippen LogP contribution in [0.5, 0.6) is 0 Å². The van der Waals surface area contributed by atoms with Crippen molar-refractivity contribution >= 4 is 10.0 Å². The number of benzene rings is 1. The molecule has 1 aromatic rings. The summed E-state index contributed by atoms with van der Waals surface area (Å²) >= 11 is 0. The van der Waals surface area contributed by atoms with Crippen LogP contribution in [0.3, 0.4) is 0 Å². The van der Waals surface area contributed by atoms with Gasteiger partial charge in [0.05, 0.1) is 11.0 Å². The molecule has 0 aromatic heterocycles. The molecule has 17 heavy (non-hydrogen) atoms. The van der Waals surface area contributed by atoms with Crippen LogP contribution in [0.4, 0.5) is 0 Å². The molecule has 0 spiro atoms. The summed E-state index contributed by atoms with van der Waals surface area (Å²) in [5.74, 6) is 0. The Morgan fingerprint density at radius 1 is 1.29 bits per heavy atom. The zero-order valence-corrected chi connectivity index (χ0v) is 11.2. The largest absolute Gasteiger partial charge is 0.392 e. The van der Waals surface area contributed by atoms with E-state index in [4.69, 9.17) is 0 Å². The van der Waals surface area contributed by atoms with Crippen LogP contribution in [0.15, 0.2) is 29.2 Å². The Balaban J connectivity index is 2.91. The van der Waals surface area contributed by atoms with Gasteiger partial charge in [0.1, 0.15) is 0 Å². The molecular formula is C12H19NO3S. The van der Waals surface area contributed by atoms with Crippen molar-refractivity contribution in [1.82, 2.24) is 4.31 Å². The van der Waals surface area contributed by atoms with Gasteiger partial charge in [-0.15, -0.1) is 0 Å². The predicted octanol–water partition coefficient (Wildman–Crippen LogP) is 1.39. The third-order valence-electron chi connectivity index (χ3n) is 2.67. The van der Waals surface area contributed by atoms with Crippen molar-refractivity contribution in [3.05, 3.63) is 29.8 Å². The quantitative estimate of drug-likeness (QED) is 0.867. The summed E-state index contributed by atoms with van der Waals surface area (Å²) < 4.78 is 25.4. The van der Waals surface area contributed by atoms with Crippen molar-refractivity contribution in [3.8, 4) is 0 Å². The molecule has 0 fully saturated rings.